The Morgan fingerprint density at radius 2 is 1.30 bits per heavy atom. The third-order valence-electron chi connectivity index (χ3n) is 7.15. The SMILES string of the molecule is O=C1C[C@@H](c2ccccc2)[C@]2(C(=O)N(Cc3ccccc3)c3ccccc32)c2ccccc21. The molecule has 160 valence electrons. The van der Waals surface area contributed by atoms with Gasteiger partial charge in [-0.25, -0.2) is 0 Å². The van der Waals surface area contributed by atoms with Gasteiger partial charge >= 0.3 is 0 Å². The molecule has 0 N–H and O–H groups in total. The van der Waals surface area contributed by atoms with Gasteiger partial charge in [0.1, 0.15) is 5.41 Å². The number of carbonyl (C=O) groups excluding carboxylic acids is 2. The largest absolute Gasteiger partial charge is 0.307 e. The predicted molar refractivity (Wildman–Crippen MR) is 129 cm³/mol. The normalized spacial score (nSPS) is 21.2. The van der Waals surface area contributed by atoms with Crippen LogP contribution in [0.15, 0.2) is 109 Å². The quantitative estimate of drug-likeness (QED) is 0.407. The first kappa shape index (κ1) is 19.7. The molecule has 0 bridgehead atoms. The van der Waals surface area contributed by atoms with Gasteiger partial charge in [-0.05, 0) is 28.3 Å². The van der Waals surface area contributed by atoms with Crippen LogP contribution >= 0.6 is 0 Å². The molecule has 1 aliphatic heterocycles. The lowest BCUT2D eigenvalue weighted by atomic mass is 9.58. The summed E-state index contributed by atoms with van der Waals surface area (Å²) in [4.78, 5) is 29.8. The molecule has 3 heteroatoms. The van der Waals surface area contributed by atoms with E-state index in [9.17, 15) is 9.59 Å². The zero-order chi connectivity index (χ0) is 22.4. The molecule has 1 heterocycles. The molecule has 0 unspecified atom stereocenters. The molecule has 0 fully saturated rings. The van der Waals surface area contributed by atoms with Gasteiger partial charge in [0.05, 0.1) is 6.54 Å². The molecule has 0 saturated carbocycles. The first-order valence-electron chi connectivity index (χ1n) is 11.3. The number of hydrogen-bond donors (Lipinski definition) is 0. The minimum absolute atomic E-state index is 0.0429. The summed E-state index contributed by atoms with van der Waals surface area (Å²) in [6.07, 6.45) is 0.306. The lowest BCUT2D eigenvalue weighted by Gasteiger charge is -2.41. The van der Waals surface area contributed by atoms with E-state index in [1.54, 1.807) is 0 Å². The van der Waals surface area contributed by atoms with Gasteiger partial charge in [-0.2, -0.15) is 0 Å². The molecular formula is C30H23NO2. The Kier molecular flexibility index (Phi) is 4.51. The van der Waals surface area contributed by atoms with E-state index in [-0.39, 0.29) is 17.6 Å². The Labute approximate surface area is 193 Å². The second-order valence-corrected chi connectivity index (χ2v) is 8.84. The molecule has 0 aromatic heterocycles. The van der Waals surface area contributed by atoms with Crippen LogP contribution in [0.1, 0.15) is 45.0 Å². The van der Waals surface area contributed by atoms with E-state index in [0.29, 0.717) is 18.5 Å². The highest BCUT2D eigenvalue weighted by Gasteiger charge is 2.60. The van der Waals surface area contributed by atoms with Crippen molar-refractivity contribution in [1.82, 2.24) is 0 Å². The fourth-order valence-corrected chi connectivity index (χ4v) is 5.76. The Morgan fingerprint density at radius 3 is 2.06 bits per heavy atom. The number of ketones is 1. The summed E-state index contributed by atoms with van der Waals surface area (Å²) >= 11 is 0. The van der Waals surface area contributed by atoms with Gasteiger partial charge in [0.15, 0.2) is 5.78 Å². The maximum absolute atomic E-state index is 14.6. The van der Waals surface area contributed by atoms with Gasteiger partial charge in [0, 0.05) is 23.6 Å². The van der Waals surface area contributed by atoms with Crippen LogP contribution in [-0.4, -0.2) is 11.7 Å². The van der Waals surface area contributed by atoms with Crippen molar-refractivity contribution in [2.75, 3.05) is 4.90 Å². The van der Waals surface area contributed by atoms with Crippen LogP contribution in [0.2, 0.25) is 0 Å². The van der Waals surface area contributed by atoms with Gasteiger partial charge in [-0.3, -0.25) is 9.59 Å². The molecule has 4 aromatic rings. The van der Waals surface area contributed by atoms with Crippen molar-refractivity contribution in [2.45, 2.75) is 24.3 Å². The molecule has 3 nitrogen and oxygen atoms in total. The number of carbonyl (C=O) groups is 2. The van der Waals surface area contributed by atoms with Gasteiger partial charge in [-0.1, -0.05) is 103 Å². The van der Waals surface area contributed by atoms with Gasteiger partial charge in [-0.15, -0.1) is 0 Å². The van der Waals surface area contributed by atoms with Gasteiger partial charge in [0.2, 0.25) is 5.91 Å². The monoisotopic (exact) mass is 429 g/mol. The first-order chi connectivity index (χ1) is 16.2. The van der Waals surface area contributed by atoms with Crippen LogP contribution in [0, 0.1) is 0 Å². The van der Waals surface area contributed by atoms with Crippen molar-refractivity contribution in [1.29, 1.82) is 0 Å². The van der Waals surface area contributed by atoms with E-state index in [1.807, 2.05) is 108 Å². The Hall–Kier alpha value is -3.98. The Balaban J connectivity index is 1.63. The fraction of sp³-hybridized carbons (Fsp3) is 0.133. The second-order valence-electron chi connectivity index (χ2n) is 8.84. The average molecular weight is 430 g/mol. The highest BCUT2D eigenvalue weighted by Crippen LogP contribution is 2.58. The maximum Gasteiger partial charge on any atom is 0.243 e. The van der Waals surface area contributed by atoms with Crippen LogP contribution in [0.25, 0.3) is 0 Å². The summed E-state index contributed by atoms with van der Waals surface area (Å²) in [7, 11) is 0. The molecule has 1 aliphatic carbocycles. The van der Waals surface area contributed by atoms with Crippen LogP contribution in [0.3, 0.4) is 0 Å². The molecule has 2 atom stereocenters. The van der Waals surface area contributed by atoms with Gasteiger partial charge < -0.3 is 4.90 Å². The van der Waals surface area contributed by atoms with Crippen molar-refractivity contribution >= 4 is 17.4 Å². The number of hydrogen-bond acceptors (Lipinski definition) is 2. The molecule has 1 amide bonds. The van der Waals surface area contributed by atoms with Gasteiger partial charge in [0.25, 0.3) is 0 Å². The predicted octanol–water partition coefficient (Wildman–Crippen LogP) is 5.89. The summed E-state index contributed by atoms with van der Waals surface area (Å²) in [6, 6.07) is 35.9. The van der Waals surface area contributed by atoms with Crippen LogP contribution in [-0.2, 0) is 16.8 Å². The highest BCUT2D eigenvalue weighted by atomic mass is 16.2. The van der Waals surface area contributed by atoms with Crippen molar-refractivity contribution in [3.8, 4) is 0 Å². The molecule has 33 heavy (non-hydrogen) atoms. The summed E-state index contributed by atoms with van der Waals surface area (Å²) in [5, 5.41) is 0. The Bertz CT molecular complexity index is 1360. The van der Waals surface area contributed by atoms with Crippen LogP contribution in [0.5, 0.6) is 0 Å². The fourth-order valence-electron chi connectivity index (χ4n) is 5.76. The number of benzene rings is 4. The van der Waals surface area contributed by atoms with E-state index >= 15 is 0 Å². The molecule has 4 aromatic carbocycles. The number of rotatable bonds is 3. The van der Waals surface area contributed by atoms with E-state index in [4.69, 9.17) is 0 Å². The number of Topliss-reactive ketones (excluding diaryl/α,β-unsaturated/α-hetero) is 1. The zero-order valence-electron chi connectivity index (χ0n) is 18.1. The number of para-hydroxylation sites is 1. The smallest absolute Gasteiger partial charge is 0.243 e. The molecule has 0 saturated heterocycles. The zero-order valence-corrected chi connectivity index (χ0v) is 18.1. The number of nitrogens with zero attached hydrogens (tertiary/aromatic N) is 1. The van der Waals surface area contributed by atoms with Crippen LogP contribution in [0.4, 0.5) is 5.69 Å². The molecule has 2 aliphatic rings. The van der Waals surface area contributed by atoms with Crippen molar-refractivity contribution in [3.63, 3.8) is 0 Å². The summed E-state index contributed by atoms with van der Waals surface area (Å²) < 4.78 is 0. The first-order valence-corrected chi connectivity index (χ1v) is 11.3. The Morgan fingerprint density at radius 1 is 0.697 bits per heavy atom. The molecule has 1 spiro atoms. The topological polar surface area (TPSA) is 37.4 Å². The molecule has 0 radical (unpaired) electrons. The minimum Gasteiger partial charge on any atom is -0.307 e. The average Bonchev–Trinajstić information content (AvgIpc) is 3.11. The summed E-state index contributed by atoms with van der Waals surface area (Å²) in [6.45, 7) is 0.496. The maximum atomic E-state index is 14.6. The van der Waals surface area contributed by atoms with Crippen LogP contribution < -0.4 is 4.90 Å². The standard InChI is InChI=1S/C30H23NO2/c32-28-19-26(22-13-5-2-6-14-22)30(24-16-8-7-15-23(24)28)25-17-9-10-18-27(25)31(29(30)33)20-21-11-3-1-4-12-21/h1-18,26H,19-20H2/t26-,30-/m0/s1. The second kappa shape index (κ2) is 7.56. The van der Waals surface area contributed by atoms with E-state index in [0.717, 1.165) is 27.9 Å². The van der Waals surface area contributed by atoms with E-state index < -0.39 is 5.41 Å². The third-order valence-corrected chi connectivity index (χ3v) is 7.15. The van der Waals surface area contributed by atoms with E-state index in [1.165, 1.54) is 0 Å². The molecular weight excluding hydrogens is 406 g/mol. The van der Waals surface area contributed by atoms with E-state index in [2.05, 4.69) is 6.07 Å². The minimum atomic E-state index is -0.933. The molecule has 6 rings (SSSR count). The number of anilines is 1. The summed E-state index contributed by atoms with van der Waals surface area (Å²) in [5.41, 5.74) is 4.56. The summed E-state index contributed by atoms with van der Waals surface area (Å²) in [5.74, 6) is -0.131. The number of fused-ring (bicyclic) bond motifs is 4. The number of amides is 1. The lowest BCUT2D eigenvalue weighted by Crippen LogP contribution is -2.49. The highest BCUT2D eigenvalue weighted by molar-refractivity contribution is 6.15. The van der Waals surface area contributed by atoms with Crippen molar-refractivity contribution in [3.05, 3.63) is 137 Å². The van der Waals surface area contributed by atoms with Crippen molar-refractivity contribution < 1.29 is 9.59 Å². The van der Waals surface area contributed by atoms with Crippen molar-refractivity contribution in [2.24, 2.45) is 0 Å². The lowest BCUT2D eigenvalue weighted by molar-refractivity contribution is -0.122. The third kappa shape index (κ3) is 2.82.